The third-order valence-corrected chi connectivity index (χ3v) is 2.45. The zero-order valence-corrected chi connectivity index (χ0v) is 8.52. The van der Waals surface area contributed by atoms with Crippen LogP contribution in [0.1, 0.15) is 12.8 Å². The summed E-state index contributed by atoms with van der Waals surface area (Å²) >= 11 is 1.76. The van der Waals surface area contributed by atoms with Gasteiger partial charge >= 0.3 is 5.97 Å². The highest BCUT2D eigenvalue weighted by Crippen LogP contribution is 2.03. The Hall–Kier alpha value is -0.480. The SMILES string of the molecule is C=CC(=O)OCCCSCCCO. The van der Waals surface area contributed by atoms with Crippen LogP contribution in [0.5, 0.6) is 0 Å². The summed E-state index contributed by atoms with van der Waals surface area (Å²) in [6.07, 6.45) is 2.85. The molecule has 0 heterocycles. The van der Waals surface area contributed by atoms with Crippen molar-refractivity contribution in [2.24, 2.45) is 0 Å². The lowest BCUT2D eigenvalue weighted by Gasteiger charge is -2.01. The van der Waals surface area contributed by atoms with Crippen LogP contribution in [-0.4, -0.2) is 35.8 Å². The molecule has 13 heavy (non-hydrogen) atoms. The lowest BCUT2D eigenvalue weighted by Crippen LogP contribution is -2.02. The number of aliphatic hydroxyl groups is 1. The first-order valence-electron chi connectivity index (χ1n) is 4.29. The van der Waals surface area contributed by atoms with Gasteiger partial charge in [-0.15, -0.1) is 0 Å². The van der Waals surface area contributed by atoms with E-state index in [0.717, 1.165) is 24.3 Å². The number of ether oxygens (including phenoxy) is 1. The lowest BCUT2D eigenvalue weighted by molar-refractivity contribution is -0.137. The highest BCUT2D eigenvalue weighted by Gasteiger charge is 1.94. The van der Waals surface area contributed by atoms with E-state index in [1.165, 1.54) is 6.08 Å². The number of esters is 1. The molecule has 1 N–H and O–H groups in total. The van der Waals surface area contributed by atoms with Gasteiger partial charge < -0.3 is 9.84 Å². The van der Waals surface area contributed by atoms with E-state index in [1.54, 1.807) is 11.8 Å². The minimum atomic E-state index is -0.361. The van der Waals surface area contributed by atoms with Gasteiger partial charge in [0, 0.05) is 12.7 Å². The fraction of sp³-hybridized carbons (Fsp3) is 0.667. The largest absolute Gasteiger partial charge is 0.463 e. The van der Waals surface area contributed by atoms with E-state index in [4.69, 9.17) is 9.84 Å². The molecule has 0 aliphatic rings. The molecule has 0 fully saturated rings. The number of aliphatic hydroxyl groups excluding tert-OH is 1. The molecule has 0 aliphatic heterocycles. The molecule has 0 aromatic heterocycles. The molecule has 76 valence electrons. The van der Waals surface area contributed by atoms with Crippen molar-refractivity contribution < 1.29 is 14.6 Å². The van der Waals surface area contributed by atoms with Crippen molar-refractivity contribution >= 4 is 17.7 Å². The van der Waals surface area contributed by atoms with Gasteiger partial charge in [0.05, 0.1) is 6.61 Å². The third-order valence-electron chi connectivity index (χ3n) is 1.29. The molecule has 0 unspecified atom stereocenters. The normalized spacial score (nSPS) is 9.62. The van der Waals surface area contributed by atoms with Crippen LogP contribution in [0.25, 0.3) is 0 Å². The molecule has 3 nitrogen and oxygen atoms in total. The molecule has 0 rings (SSSR count). The zero-order valence-electron chi connectivity index (χ0n) is 7.70. The fourth-order valence-electron chi connectivity index (χ4n) is 0.661. The third kappa shape index (κ3) is 9.43. The number of rotatable bonds is 8. The first-order valence-corrected chi connectivity index (χ1v) is 5.44. The first kappa shape index (κ1) is 12.5. The molecule has 0 aromatic rings. The van der Waals surface area contributed by atoms with Crippen molar-refractivity contribution in [3.63, 3.8) is 0 Å². The van der Waals surface area contributed by atoms with Crippen LogP contribution in [0.3, 0.4) is 0 Å². The predicted octanol–water partition coefficient (Wildman–Crippen LogP) is 1.22. The number of thioether (sulfide) groups is 1. The molecule has 0 spiro atoms. The van der Waals surface area contributed by atoms with Crippen molar-refractivity contribution in [1.29, 1.82) is 0 Å². The Kier molecular flexibility index (Phi) is 9.25. The Morgan fingerprint density at radius 3 is 2.77 bits per heavy atom. The van der Waals surface area contributed by atoms with E-state index < -0.39 is 0 Å². The van der Waals surface area contributed by atoms with Gasteiger partial charge in [0.1, 0.15) is 0 Å². The highest BCUT2D eigenvalue weighted by atomic mass is 32.2. The van der Waals surface area contributed by atoms with Crippen LogP contribution in [0.15, 0.2) is 12.7 Å². The molecule has 0 aliphatic carbocycles. The Morgan fingerprint density at radius 1 is 1.46 bits per heavy atom. The minimum absolute atomic E-state index is 0.248. The fourth-order valence-corrected chi connectivity index (χ4v) is 1.52. The van der Waals surface area contributed by atoms with Crippen molar-refractivity contribution in [2.45, 2.75) is 12.8 Å². The summed E-state index contributed by atoms with van der Waals surface area (Å²) in [6.45, 7) is 4.00. The molecular formula is C9H16O3S. The smallest absolute Gasteiger partial charge is 0.330 e. The van der Waals surface area contributed by atoms with E-state index in [2.05, 4.69) is 6.58 Å². The molecule has 0 atom stereocenters. The average Bonchev–Trinajstić information content (AvgIpc) is 2.16. The Labute approximate surface area is 83.2 Å². The topological polar surface area (TPSA) is 46.5 Å². The standard InChI is InChI=1S/C9H16O3S/c1-2-9(11)12-6-4-8-13-7-3-5-10/h2,10H,1,3-8H2. The van der Waals surface area contributed by atoms with Crippen molar-refractivity contribution in [2.75, 3.05) is 24.7 Å². The van der Waals surface area contributed by atoms with Crippen LogP contribution in [0.4, 0.5) is 0 Å². The van der Waals surface area contributed by atoms with E-state index in [-0.39, 0.29) is 12.6 Å². The summed E-state index contributed by atoms with van der Waals surface area (Å²) < 4.78 is 4.78. The monoisotopic (exact) mass is 204 g/mol. The summed E-state index contributed by atoms with van der Waals surface area (Å²) in [6, 6.07) is 0. The Balaban J connectivity index is 2.99. The molecule has 0 aromatic carbocycles. The summed E-state index contributed by atoms with van der Waals surface area (Å²) in [5.74, 6) is 1.57. The molecule has 0 bridgehead atoms. The van der Waals surface area contributed by atoms with Crippen molar-refractivity contribution in [3.8, 4) is 0 Å². The number of hydrogen-bond donors (Lipinski definition) is 1. The van der Waals surface area contributed by atoms with Crippen molar-refractivity contribution in [1.82, 2.24) is 0 Å². The Bertz CT molecular complexity index is 148. The maximum absolute atomic E-state index is 10.6. The van der Waals surface area contributed by atoms with Gasteiger partial charge in [-0.2, -0.15) is 11.8 Å². The van der Waals surface area contributed by atoms with Crippen LogP contribution in [-0.2, 0) is 9.53 Å². The maximum Gasteiger partial charge on any atom is 0.330 e. The molecule has 0 saturated heterocycles. The summed E-state index contributed by atoms with van der Waals surface area (Å²) in [5, 5.41) is 8.48. The zero-order chi connectivity index (χ0) is 9.94. The average molecular weight is 204 g/mol. The quantitative estimate of drug-likeness (QED) is 0.367. The summed E-state index contributed by atoms with van der Waals surface area (Å²) in [5.41, 5.74) is 0. The van der Waals surface area contributed by atoms with E-state index in [9.17, 15) is 4.79 Å². The maximum atomic E-state index is 10.6. The van der Waals surface area contributed by atoms with Gasteiger partial charge in [-0.05, 0) is 24.3 Å². The molecule has 0 saturated carbocycles. The lowest BCUT2D eigenvalue weighted by atomic mass is 10.5. The van der Waals surface area contributed by atoms with Gasteiger partial charge in [0.25, 0.3) is 0 Å². The molecule has 0 radical (unpaired) electrons. The van der Waals surface area contributed by atoms with Crippen LogP contribution in [0.2, 0.25) is 0 Å². The predicted molar refractivity (Wildman–Crippen MR) is 54.8 cm³/mol. The van der Waals surface area contributed by atoms with Crippen LogP contribution in [0, 0.1) is 0 Å². The van der Waals surface area contributed by atoms with Crippen LogP contribution >= 0.6 is 11.8 Å². The summed E-state index contributed by atoms with van der Waals surface area (Å²) in [7, 11) is 0. The molecular weight excluding hydrogens is 188 g/mol. The summed E-state index contributed by atoms with van der Waals surface area (Å²) in [4.78, 5) is 10.6. The number of hydrogen-bond acceptors (Lipinski definition) is 4. The van der Waals surface area contributed by atoms with Crippen molar-refractivity contribution in [3.05, 3.63) is 12.7 Å². The van der Waals surface area contributed by atoms with Gasteiger partial charge in [-0.25, -0.2) is 4.79 Å². The van der Waals surface area contributed by atoms with Gasteiger partial charge in [0.15, 0.2) is 0 Å². The van der Waals surface area contributed by atoms with Crippen LogP contribution < -0.4 is 0 Å². The second-order valence-electron chi connectivity index (χ2n) is 2.41. The van der Waals surface area contributed by atoms with E-state index in [0.29, 0.717) is 6.61 Å². The van der Waals surface area contributed by atoms with Gasteiger partial charge in [-0.1, -0.05) is 6.58 Å². The second-order valence-corrected chi connectivity index (χ2v) is 3.64. The molecule has 0 amide bonds. The second kappa shape index (κ2) is 9.61. The van der Waals surface area contributed by atoms with Gasteiger partial charge in [-0.3, -0.25) is 0 Å². The highest BCUT2D eigenvalue weighted by molar-refractivity contribution is 7.99. The van der Waals surface area contributed by atoms with E-state index in [1.807, 2.05) is 0 Å². The number of carbonyl (C=O) groups is 1. The molecule has 4 heteroatoms. The Morgan fingerprint density at radius 2 is 2.15 bits per heavy atom. The van der Waals surface area contributed by atoms with E-state index >= 15 is 0 Å². The number of carbonyl (C=O) groups excluding carboxylic acids is 1. The van der Waals surface area contributed by atoms with Gasteiger partial charge in [0.2, 0.25) is 0 Å². The minimum Gasteiger partial charge on any atom is -0.463 e. The first-order chi connectivity index (χ1) is 6.31.